The van der Waals surface area contributed by atoms with Gasteiger partial charge in [-0.3, -0.25) is 0 Å². The Bertz CT molecular complexity index is 392. The van der Waals surface area contributed by atoms with Gasteiger partial charge in [0.25, 0.3) is 0 Å². The third-order valence-electron chi connectivity index (χ3n) is 3.10. The van der Waals surface area contributed by atoms with Crippen LogP contribution in [0.15, 0.2) is 18.2 Å². The first-order valence-electron chi connectivity index (χ1n) is 7.36. The Hall–Kier alpha value is -0.970. The molecule has 3 nitrogen and oxygen atoms in total. The summed E-state index contributed by atoms with van der Waals surface area (Å²) >= 11 is 0. The molecule has 1 atom stereocenters. The molecule has 1 unspecified atom stereocenters. The minimum Gasteiger partial charge on any atom is -0.351 e. The van der Waals surface area contributed by atoms with Crippen molar-refractivity contribution in [2.75, 3.05) is 19.8 Å². The van der Waals surface area contributed by atoms with Gasteiger partial charge < -0.3 is 14.8 Å². The van der Waals surface area contributed by atoms with Crippen molar-refractivity contribution in [1.82, 2.24) is 5.32 Å². The van der Waals surface area contributed by atoms with Gasteiger partial charge in [0.15, 0.2) is 6.29 Å². The molecule has 0 radical (unpaired) electrons. The van der Waals surface area contributed by atoms with Crippen molar-refractivity contribution >= 4 is 0 Å². The van der Waals surface area contributed by atoms with Crippen LogP contribution in [0, 0.1) is 12.7 Å². The lowest BCUT2D eigenvalue weighted by atomic mass is 10.0. The second-order valence-corrected chi connectivity index (χ2v) is 4.72. The van der Waals surface area contributed by atoms with E-state index in [-0.39, 0.29) is 11.9 Å². The van der Waals surface area contributed by atoms with Crippen LogP contribution in [-0.4, -0.2) is 26.0 Å². The van der Waals surface area contributed by atoms with Gasteiger partial charge in [-0.25, -0.2) is 4.39 Å². The fraction of sp³-hybridized carbons (Fsp3) is 0.625. The molecule has 20 heavy (non-hydrogen) atoms. The van der Waals surface area contributed by atoms with Crippen LogP contribution in [0.1, 0.15) is 44.4 Å². The monoisotopic (exact) mass is 283 g/mol. The first-order chi connectivity index (χ1) is 9.63. The molecule has 1 aromatic rings. The predicted molar refractivity (Wildman–Crippen MR) is 79.2 cm³/mol. The van der Waals surface area contributed by atoms with E-state index in [0.29, 0.717) is 18.8 Å². The molecular weight excluding hydrogens is 257 g/mol. The van der Waals surface area contributed by atoms with E-state index >= 15 is 0 Å². The highest BCUT2D eigenvalue weighted by Crippen LogP contribution is 2.22. The Kier molecular flexibility index (Phi) is 7.73. The van der Waals surface area contributed by atoms with Gasteiger partial charge in [0.2, 0.25) is 0 Å². The van der Waals surface area contributed by atoms with Gasteiger partial charge in [0.1, 0.15) is 5.82 Å². The highest BCUT2D eigenvalue weighted by atomic mass is 19.1. The molecule has 0 amide bonds. The third kappa shape index (κ3) is 4.85. The molecule has 0 aliphatic heterocycles. The molecule has 0 spiro atoms. The molecule has 1 N–H and O–H groups in total. The Morgan fingerprint density at radius 2 is 1.80 bits per heavy atom. The predicted octanol–water partition coefficient (Wildman–Crippen LogP) is 3.57. The smallest absolute Gasteiger partial charge is 0.176 e. The Morgan fingerprint density at radius 3 is 2.30 bits per heavy atom. The van der Waals surface area contributed by atoms with Crippen molar-refractivity contribution in [3.63, 3.8) is 0 Å². The van der Waals surface area contributed by atoms with Crippen LogP contribution in [0.2, 0.25) is 0 Å². The quantitative estimate of drug-likeness (QED) is 0.703. The molecular formula is C16H26FNO2. The van der Waals surface area contributed by atoms with Gasteiger partial charge in [-0.1, -0.05) is 19.1 Å². The molecule has 114 valence electrons. The van der Waals surface area contributed by atoms with E-state index in [0.717, 1.165) is 18.5 Å². The lowest BCUT2D eigenvalue weighted by molar-refractivity contribution is -0.155. The van der Waals surface area contributed by atoms with Crippen LogP contribution in [0.5, 0.6) is 0 Å². The van der Waals surface area contributed by atoms with Crippen molar-refractivity contribution < 1.29 is 13.9 Å². The van der Waals surface area contributed by atoms with Crippen molar-refractivity contribution in [2.24, 2.45) is 0 Å². The van der Waals surface area contributed by atoms with Crippen LogP contribution in [0.25, 0.3) is 0 Å². The molecule has 0 aromatic heterocycles. The summed E-state index contributed by atoms with van der Waals surface area (Å²) < 4.78 is 25.1. The average molecular weight is 283 g/mol. The van der Waals surface area contributed by atoms with E-state index in [2.05, 4.69) is 12.2 Å². The van der Waals surface area contributed by atoms with Crippen LogP contribution in [-0.2, 0) is 9.47 Å². The molecule has 4 heteroatoms. The highest BCUT2D eigenvalue weighted by molar-refractivity contribution is 5.26. The van der Waals surface area contributed by atoms with E-state index < -0.39 is 6.29 Å². The molecule has 1 aromatic carbocycles. The minimum atomic E-state index is -0.404. The van der Waals surface area contributed by atoms with Crippen LogP contribution in [0.4, 0.5) is 4.39 Å². The normalized spacial score (nSPS) is 12.9. The zero-order valence-electron chi connectivity index (χ0n) is 12.9. The summed E-state index contributed by atoms with van der Waals surface area (Å²) in [5, 5.41) is 3.39. The van der Waals surface area contributed by atoms with E-state index in [1.165, 1.54) is 0 Å². The summed E-state index contributed by atoms with van der Waals surface area (Å²) in [5.74, 6) is -0.197. The molecule has 0 aliphatic carbocycles. The summed E-state index contributed by atoms with van der Waals surface area (Å²) in [6, 6.07) is 5.12. The minimum absolute atomic E-state index is 0.162. The fourth-order valence-electron chi connectivity index (χ4n) is 2.04. The van der Waals surface area contributed by atoms with E-state index in [9.17, 15) is 4.39 Å². The van der Waals surface area contributed by atoms with Gasteiger partial charge in [0, 0.05) is 13.2 Å². The molecule has 0 bridgehead atoms. The largest absolute Gasteiger partial charge is 0.351 e. The number of nitrogens with one attached hydrogen (secondary N) is 1. The number of aryl methyl sites for hydroxylation is 1. The first-order valence-corrected chi connectivity index (χ1v) is 7.36. The summed E-state index contributed by atoms with van der Waals surface area (Å²) in [6.45, 7) is 9.66. The number of halogens is 1. The van der Waals surface area contributed by atoms with Crippen molar-refractivity contribution in [3.05, 3.63) is 35.1 Å². The Balaban J connectivity index is 2.98. The van der Waals surface area contributed by atoms with Crippen molar-refractivity contribution in [1.29, 1.82) is 0 Å². The number of rotatable bonds is 9. The van der Waals surface area contributed by atoms with Crippen LogP contribution < -0.4 is 5.32 Å². The van der Waals surface area contributed by atoms with Crippen LogP contribution >= 0.6 is 0 Å². The zero-order valence-corrected chi connectivity index (χ0v) is 12.9. The molecule has 0 fully saturated rings. The van der Waals surface area contributed by atoms with Gasteiger partial charge in [-0.2, -0.15) is 0 Å². The lowest BCUT2D eigenvalue weighted by Gasteiger charge is -2.28. The molecule has 0 saturated heterocycles. The highest BCUT2D eigenvalue weighted by Gasteiger charge is 2.24. The number of benzene rings is 1. The maximum Gasteiger partial charge on any atom is 0.176 e. The molecule has 0 heterocycles. The molecule has 0 saturated carbocycles. The van der Waals surface area contributed by atoms with Gasteiger partial charge in [-0.15, -0.1) is 0 Å². The van der Waals surface area contributed by atoms with Crippen LogP contribution in [0.3, 0.4) is 0 Å². The van der Waals surface area contributed by atoms with Gasteiger partial charge in [-0.05, 0) is 50.9 Å². The third-order valence-corrected chi connectivity index (χ3v) is 3.10. The standard InChI is InChI=1S/C16H26FNO2/c1-5-10-18-15(16(19-6-2)20-7-3)13-9-8-12(4)14(17)11-13/h8-9,11,15-16,18H,5-7,10H2,1-4H3. The van der Waals surface area contributed by atoms with E-state index in [4.69, 9.17) is 9.47 Å². The number of hydrogen-bond acceptors (Lipinski definition) is 3. The lowest BCUT2D eigenvalue weighted by Crippen LogP contribution is -2.36. The number of hydrogen-bond donors (Lipinski definition) is 1. The van der Waals surface area contributed by atoms with Gasteiger partial charge >= 0.3 is 0 Å². The number of ether oxygens (including phenoxy) is 2. The summed E-state index contributed by atoms with van der Waals surface area (Å²) in [7, 11) is 0. The van der Waals surface area contributed by atoms with Crippen molar-refractivity contribution in [2.45, 2.75) is 46.4 Å². The SMILES string of the molecule is CCCNC(c1ccc(C)c(F)c1)C(OCC)OCC. The summed E-state index contributed by atoms with van der Waals surface area (Å²) in [5.41, 5.74) is 1.50. The Labute approximate surface area is 121 Å². The summed E-state index contributed by atoms with van der Waals surface area (Å²) in [4.78, 5) is 0. The summed E-state index contributed by atoms with van der Waals surface area (Å²) in [6.07, 6.45) is 0.592. The van der Waals surface area contributed by atoms with E-state index in [1.807, 2.05) is 19.9 Å². The Morgan fingerprint density at radius 1 is 1.15 bits per heavy atom. The second kappa shape index (κ2) is 9.06. The van der Waals surface area contributed by atoms with Gasteiger partial charge in [0.05, 0.1) is 6.04 Å². The zero-order chi connectivity index (χ0) is 15.0. The topological polar surface area (TPSA) is 30.5 Å². The first kappa shape index (κ1) is 17.1. The maximum atomic E-state index is 13.8. The fourth-order valence-corrected chi connectivity index (χ4v) is 2.04. The second-order valence-electron chi connectivity index (χ2n) is 4.72. The maximum absolute atomic E-state index is 13.8. The molecule has 0 aliphatic rings. The van der Waals surface area contributed by atoms with E-state index in [1.54, 1.807) is 19.1 Å². The molecule has 1 rings (SSSR count). The average Bonchev–Trinajstić information content (AvgIpc) is 2.43. The van der Waals surface area contributed by atoms with Crippen molar-refractivity contribution in [3.8, 4) is 0 Å².